The zero-order valence-electron chi connectivity index (χ0n) is 6.26. The van der Waals surface area contributed by atoms with E-state index >= 15 is 0 Å². The molecule has 12 heavy (non-hydrogen) atoms. The molecular weight excluding hydrogens is 288 g/mol. The average molecular weight is 296 g/mol. The van der Waals surface area contributed by atoms with Crippen LogP contribution in [0.5, 0.6) is 5.75 Å². The minimum atomic E-state index is 0.402. The van der Waals surface area contributed by atoms with E-state index in [1.807, 2.05) is 6.07 Å². The molecule has 0 amide bonds. The van der Waals surface area contributed by atoms with E-state index in [0.717, 1.165) is 22.3 Å². The van der Waals surface area contributed by atoms with Crippen LogP contribution in [0.4, 0.5) is 0 Å². The van der Waals surface area contributed by atoms with Crippen LogP contribution in [0.25, 0.3) is 0 Å². The van der Waals surface area contributed by atoms with Gasteiger partial charge in [0.2, 0.25) is 0 Å². The Morgan fingerprint density at radius 3 is 3.00 bits per heavy atom. The van der Waals surface area contributed by atoms with Crippen LogP contribution in [0.3, 0.4) is 0 Å². The van der Waals surface area contributed by atoms with Crippen molar-refractivity contribution in [3.05, 3.63) is 21.0 Å². The highest BCUT2D eigenvalue weighted by molar-refractivity contribution is 14.1. The van der Waals surface area contributed by atoms with Gasteiger partial charge in [0.25, 0.3) is 0 Å². The number of hydrogen-bond donors (Lipinski definition) is 0. The lowest BCUT2D eigenvalue weighted by Gasteiger charge is -2.05. The van der Waals surface area contributed by atoms with Crippen LogP contribution in [0, 0.1) is 3.70 Å². The summed E-state index contributed by atoms with van der Waals surface area (Å²) in [6.07, 6.45) is 4.34. The van der Waals surface area contributed by atoms with Crippen molar-refractivity contribution in [2.75, 3.05) is 0 Å². The average Bonchev–Trinajstić information content (AvgIpc) is 2.81. The molecule has 0 unspecified atom stereocenters. The predicted octanol–water partition coefficient (Wildman–Crippen LogP) is 2.88. The lowest BCUT2D eigenvalue weighted by atomic mass is 10.4. The zero-order chi connectivity index (χ0) is 8.55. The summed E-state index contributed by atoms with van der Waals surface area (Å²) in [6, 6.07) is 1.81. The fraction of sp³-hybridized carbons (Fsp3) is 0.375. The third-order valence-electron chi connectivity index (χ3n) is 1.59. The Morgan fingerprint density at radius 2 is 2.33 bits per heavy atom. The molecule has 0 N–H and O–H groups in total. The Morgan fingerprint density at radius 1 is 1.58 bits per heavy atom. The maximum Gasteiger partial charge on any atom is 0.153 e. The highest BCUT2D eigenvalue weighted by atomic mass is 127. The van der Waals surface area contributed by atoms with Crippen molar-refractivity contribution in [1.29, 1.82) is 0 Å². The molecule has 1 heterocycles. The minimum absolute atomic E-state index is 0.402. The fourth-order valence-electron chi connectivity index (χ4n) is 0.852. The third-order valence-corrected chi connectivity index (χ3v) is 2.61. The first kappa shape index (κ1) is 8.56. The van der Waals surface area contributed by atoms with Crippen LogP contribution in [0.15, 0.2) is 12.3 Å². The molecule has 0 saturated heterocycles. The van der Waals surface area contributed by atoms with E-state index in [2.05, 4.69) is 27.6 Å². The second-order valence-electron chi connectivity index (χ2n) is 2.76. The molecule has 1 fully saturated rings. The molecule has 0 aromatic carbocycles. The van der Waals surface area contributed by atoms with Gasteiger partial charge in [-0.3, -0.25) is 0 Å². The van der Waals surface area contributed by atoms with Gasteiger partial charge in [0, 0.05) is 12.3 Å². The van der Waals surface area contributed by atoms with Crippen molar-refractivity contribution in [1.82, 2.24) is 4.98 Å². The van der Waals surface area contributed by atoms with E-state index in [1.165, 1.54) is 0 Å². The Kier molecular flexibility index (Phi) is 2.41. The molecule has 1 aliphatic rings. The number of ether oxygens (including phenoxy) is 1. The molecule has 1 aliphatic carbocycles. The molecule has 0 radical (unpaired) electrons. The van der Waals surface area contributed by atoms with Crippen LogP contribution >= 0.6 is 34.2 Å². The normalized spacial score (nSPS) is 16.2. The monoisotopic (exact) mass is 295 g/mol. The second-order valence-corrected chi connectivity index (χ2v) is 4.22. The van der Waals surface area contributed by atoms with Crippen LogP contribution in [0.1, 0.15) is 12.8 Å². The van der Waals surface area contributed by atoms with E-state index in [-0.39, 0.29) is 0 Å². The van der Waals surface area contributed by atoms with Crippen LogP contribution in [-0.4, -0.2) is 11.1 Å². The van der Waals surface area contributed by atoms with Gasteiger partial charge in [-0.2, -0.15) is 0 Å². The van der Waals surface area contributed by atoms with Crippen LogP contribution in [0.2, 0.25) is 5.02 Å². The van der Waals surface area contributed by atoms with E-state index < -0.39 is 0 Å². The number of rotatable bonds is 2. The molecule has 0 aliphatic heterocycles. The number of halogens is 2. The first-order valence-corrected chi connectivity index (χ1v) is 5.19. The summed E-state index contributed by atoms with van der Waals surface area (Å²) in [6.45, 7) is 0. The van der Waals surface area contributed by atoms with Crippen LogP contribution < -0.4 is 4.74 Å². The van der Waals surface area contributed by atoms with Gasteiger partial charge in [0.15, 0.2) is 5.75 Å². The van der Waals surface area contributed by atoms with Crippen molar-refractivity contribution >= 4 is 34.2 Å². The standard InChI is InChI=1S/C8H7ClINO/c9-5-3-7(8(10)11-4-5)12-6-1-2-6/h3-4,6H,1-2H2. The second kappa shape index (κ2) is 3.38. The van der Waals surface area contributed by atoms with Gasteiger partial charge in [-0.05, 0) is 35.4 Å². The van der Waals surface area contributed by atoms with E-state index in [9.17, 15) is 0 Å². The van der Waals surface area contributed by atoms with Crippen molar-refractivity contribution < 1.29 is 4.74 Å². The third kappa shape index (κ3) is 2.01. The molecule has 2 nitrogen and oxygen atoms in total. The molecule has 0 spiro atoms. The van der Waals surface area contributed by atoms with Gasteiger partial charge in [-0.15, -0.1) is 0 Å². The SMILES string of the molecule is Clc1cnc(I)c(OC2CC2)c1. The summed E-state index contributed by atoms with van der Waals surface area (Å²) >= 11 is 7.92. The van der Waals surface area contributed by atoms with Crippen molar-refractivity contribution in [3.63, 3.8) is 0 Å². The van der Waals surface area contributed by atoms with E-state index in [0.29, 0.717) is 11.1 Å². The van der Waals surface area contributed by atoms with Gasteiger partial charge < -0.3 is 4.74 Å². The Bertz CT molecular complexity index is 301. The number of nitrogens with zero attached hydrogens (tertiary/aromatic N) is 1. The lowest BCUT2D eigenvalue weighted by molar-refractivity contribution is 0.299. The molecule has 0 atom stereocenters. The maximum atomic E-state index is 5.77. The van der Waals surface area contributed by atoms with Gasteiger partial charge in [0.05, 0.1) is 11.1 Å². The number of hydrogen-bond acceptors (Lipinski definition) is 2. The number of aromatic nitrogens is 1. The lowest BCUT2D eigenvalue weighted by Crippen LogP contribution is -1.98. The topological polar surface area (TPSA) is 22.1 Å². The Balaban J connectivity index is 2.21. The first-order valence-electron chi connectivity index (χ1n) is 3.73. The summed E-state index contributed by atoms with van der Waals surface area (Å²) < 4.78 is 6.46. The molecule has 4 heteroatoms. The summed E-state index contributed by atoms with van der Waals surface area (Å²) in [5.74, 6) is 0.811. The molecular formula is C8H7ClINO. The van der Waals surface area contributed by atoms with Gasteiger partial charge in [0.1, 0.15) is 3.70 Å². The molecule has 1 aromatic heterocycles. The van der Waals surface area contributed by atoms with Gasteiger partial charge >= 0.3 is 0 Å². The highest BCUT2D eigenvalue weighted by Gasteiger charge is 2.24. The van der Waals surface area contributed by atoms with E-state index in [1.54, 1.807) is 6.20 Å². The maximum absolute atomic E-state index is 5.77. The molecule has 2 rings (SSSR count). The Hall–Kier alpha value is -0.0300. The fourth-order valence-corrected chi connectivity index (χ4v) is 1.42. The minimum Gasteiger partial charge on any atom is -0.488 e. The summed E-state index contributed by atoms with van der Waals surface area (Å²) in [4.78, 5) is 4.09. The molecule has 64 valence electrons. The summed E-state index contributed by atoms with van der Waals surface area (Å²) in [5, 5.41) is 0.631. The largest absolute Gasteiger partial charge is 0.488 e. The van der Waals surface area contributed by atoms with Crippen molar-refractivity contribution in [2.24, 2.45) is 0 Å². The number of pyridine rings is 1. The molecule has 1 aromatic rings. The summed E-state index contributed by atoms with van der Waals surface area (Å²) in [7, 11) is 0. The zero-order valence-corrected chi connectivity index (χ0v) is 9.17. The first-order chi connectivity index (χ1) is 5.75. The quantitative estimate of drug-likeness (QED) is 0.618. The van der Waals surface area contributed by atoms with Crippen LogP contribution in [-0.2, 0) is 0 Å². The molecule has 1 saturated carbocycles. The molecule has 0 bridgehead atoms. The van der Waals surface area contributed by atoms with Crippen molar-refractivity contribution in [3.8, 4) is 5.75 Å². The van der Waals surface area contributed by atoms with E-state index in [4.69, 9.17) is 16.3 Å². The summed E-state index contributed by atoms with van der Waals surface area (Å²) in [5.41, 5.74) is 0. The van der Waals surface area contributed by atoms with Crippen molar-refractivity contribution in [2.45, 2.75) is 18.9 Å². The highest BCUT2D eigenvalue weighted by Crippen LogP contribution is 2.30. The Labute approximate surface area is 89.4 Å². The smallest absolute Gasteiger partial charge is 0.153 e. The van der Waals surface area contributed by atoms with Gasteiger partial charge in [-0.25, -0.2) is 4.98 Å². The van der Waals surface area contributed by atoms with Gasteiger partial charge in [-0.1, -0.05) is 11.6 Å². The predicted molar refractivity (Wildman–Crippen MR) is 55.6 cm³/mol.